The summed E-state index contributed by atoms with van der Waals surface area (Å²) in [5, 5.41) is 6.35. The summed E-state index contributed by atoms with van der Waals surface area (Å²) < 4.78 is 28.9. The lowest BCUT2D eigenvalue weighted by atomic mass is 10.1. The standard InChI is InChI=1S/C20H21N3O3S/c1-4-15-7-8-16(17-9-10-20(24)22-21-17)12-19(15)27(25,26)23-18-11-13(2)5-6-14(18)3/h5-12,23H,4H2,1-3H3,(H,22,24). The van der Waals surface area contributed by atoms with Crippen molar-refractivity contribution in [3.8, 4) is 11.3 Å². The van der Waals surface area contributed by atoms with Gasteiger partial charge in [0.25, 0.3) is 15.6 Å². The Morgan fingerprint density at radius 3 is 2.48 bits per heavy atom. The summed E-state index contributed by atoms with van der Waals surface area (Å²) in [6.45, 7) is 5.68. The zero-order valence-electron chi connectivity index (χ0n) is 15.4. The van der Waals surface area contributed by atoms with E-state index < -0.39 is 10.0 Å². The molecule has 2 N–H and O–H groups in total. The van der Waals surface area contributed by atoms with Gasteiger partial charge in [0, 0.05) is 11.6 Å². The number of nitrogens with zero attached hydrogens (tertiary/aromatic N) is 1. The van der Waals surface area contributed by atoms with E-state index in [0.717, 1.165) is 11.1 Å². The van der Waals surface area contributed by atoms with Crippen LogP contribution in [-0.2, 0) is 16.4 Å². The Morgan fingerprint density at radius 1 is 1.04 bits per heavy atom. The largest absolute Gasteiger partial charge is 0.279 e. The summed E-state index contributed by atoms with van der Waals surface area (Å²) in [5.41, 5.74) is 3.89. The van der Waals surface area contributed by atoms with Gasteiger partial charge in [-0.05, 0) is 55.2 Å². The minimum Gasteiger partial charge on any atom is -0.279 e. The van der Waals surface area contributed by atoms with Gasteiger partial charge >= 0.3 is 0 Å². The Kier molecular flexibility index (Phi) is 5.14. The van der Waals surface area contributed by atoms with E-state index >= 15 is 0 Å². The van der Waals surface area contributed by atoms with Gasteiger partial charge < -0.3 is 0 Å². The molecule has 0 amide bonds. The van der Waals surface area contributed by atoms with Crippen LogP contribution in [0.5, 0.6) is 0 Å². The molecule has 6 nitrogen and oxygen atoms in total. The number of aromatic nitrogens is 2. The molecule has 2 aromatic carbocycles. The summed E-state index contributed by atoms with van der Waals surface area (Å²) in [5.74, 6) is 0. The molecule has 7 heteroatoms. The summed E-state index contributed by atoms with van der Waals surface area (Å²) in [6, 6.07) is 13.7. The van der Waals surface area contributed by atoms with Gasteiger partial charge in [0.1, 0.15) is 0 Å². The molecular weight excluding hydrogens is 362 g/mol. The number of H-pyrrole nitrogens is 1. The number of anilines is 1. The van der Waals surface area contributed by atoms with Crippen LogP contribution >= 0.6 is 0 Å². The quantitative estimate of drug-likeness (QED) is 0.706. The van der Waals surface area contributed by atoms with Crippen LogP contribution in [0.2, 0.25) is 0 Å². The summed E-state index contributed by atoms with van der Waals surface area (Å²) >= 11 is 0. The van der Waals surface area contributed by atoms with Gasteiger partial charge in [0.2, 0.25) is 0 Å². The minimum atomic E-state index is -3.78. The SMILES string of the molecule is CCc1ccc(-c2ccc(=O)[nH]n2)cc1S(=O)(=O)Nc1cc(C)ccc1C. The normalized spacial score (nSPS) is 11.4. The van der Waals surface area contributed by atoms with Gasteiger partial charge in [-0.25, -0.2) is 13.5 Å². The number of sulfonamides is 1. The first-order chi connectivity index (χ1) is 12.8. The molecule has 140 valence electrons. The van der Waals surface area contributed by atoms with Crippen molar-refractivity contribution in [1.29, 1.82) is 0 Å². The van der Waals surface area contributed by atoms with Crippen molar-refractivity contribution in [1.82, 2.24) is 10.2 Å². The van der Waals surface area contributed by atoms with E-state index in [1.165, 1.54) is 6.07 Å². The predicted molar refractivity (Wildman–Crippen MR) is 106 cm³/mol. The van der Waals surface area contributed by atoms with Gasteiger partial charge in [-0.15, -0.1) is 0 Å². The molecule has 27 heavy (non-hydrogen) atoms. The Balaban J connectivity index is 2.07. The molecule has 0 aliphatic rings. The van der Waals surface area contributed by atoms with Crippen LogP contribution in [0.15, 0.2) is 58.2 Å². The second kappa shape index (κ2) is 7.36. The molecule has 1 aromatic heterocycles. The second-order valence-electron chi connectivity index (χ2n) is 6.41. The fraction of sp³-hybridized carbons (Fsp3) is 0.200. The Bertz CT molecular complexity index is 1130. The molecule has 0 radical (unpaired) electrons. The highest BCUT2D eigenvalue weighted by atomic mass is 32.2. The van der Waals surface area contributed by atoms with E-state index in [4.69, 9.17) is 0 Å². The highest BCUT2D eigenvalue weighted by Gasteiger charge is 2.20. The molecule has 3 rings (SSSR count). The van der Waals surface area contributed by atoms with E-state index in [1.807, 2.05) is 39.0 Å². The predicted octanol–water partition coefficient (Wildman–Crippen LogP) is 3.42. The number of hydrogen-bond donors (Lipinski definition) is 2. The molecule has 0 aliphatic heterocycles. The zero-order chi connectivity index (χ0) is 19.6. The fourth-order valence-corrected chi connectivity index (χ4v) is 4.27. The Hall–Kier alpha value is -2.93. The van der Waals surface area contributed by atoms with E-state index in [-0.39, 0.29) is 10.5 Å². The monoisotopic (exact) mass is 383 g/mol. The van der Waals surface area contributed by atoms with Gasteiger partial charge in [-0.2, -0.15) is 5.10 Å². The number of aryl methyl sites for hydroxylation is 3. The molecule has 0 aliphatic carbocycles. The Labute approximate surface area is 158 Å². The third-order valence-electron chi connectivity index (χ3n) is 4.35. The summed E-state index contributed by atoms with van der Waals surface area (Å²) in [4.78, 5) is 11.4. The summed E-state index contributed by atoms with van der Waals surface area (Å²) in [7, 11) is -3.78. The third-order valence-corrected chi connectivity index (χ3v) is 5.80. The summed E-state index contributed by atoms with van der Waals surface area (Å²) in [6.07, 6.45) is 0.572. The van der Waals surface area contributed by atoms with Crippen LogP contribution < -0.4 is 10.3 Å². The van der Waals surface area contributed by atoms with Crippen molar-refractivity contribution in [3.05, 3.63) is 75.6 Å². The molecular formula is C20H21N3O3S. The number of benzene rings is 2. The maximum atomic E-state index is 13.1. The Morgan fingerprint density at radius 2 is 1.81 bits per heavy atom. The van der Waals surface area contributed by atoms with Crippen molar-refractivity contribution in [2.75, 3.05) is 4.72 Å². The molecule has 3 aromatic rings. The molecule has 0 bridgehead atoms. The van der Waals surface area contributed by atoms with Crippen LogP contribution in [0.4, 0.5) is 5.69 Å². The van der Waals surface area contributed by atoms with Crippen molar-refractivity contribution < 1.29 is 8.42 Å². The molecule has 0 spiro atoms. The van der Waals surface area contributed by atoms with E-state index in [2.05, 4.69) is 14.9 Å². The molecule has 0 saturated carbocycles. The zero-order valence-corrected chi connectivity index (χ0v) is 16.2. The van der Waals surface area contributed by atoms with E-state index in [9.17, 15) is 13.2 Å². The third kappa shape index (κ3) is 4.09. The van der Waals surface area contributed by atoms with Crippen LogP contribution in [0.25, 0.3) is 11.3 Å². The lowest BCUT2D eigenvalue weighted by molar-refractivity contribution is 0.600. The molecule has 0 fully saturated rings. The number of hydrogen-bond acceptors (Lipinski definition) is 4. The fourth-order valence-electron chi connectivity index (χ4n) is 2.81. The van der Waals surface area contributed by atoms with E-state index in [1.54, 1.807) is 24.3 Å². The lowest BCUT2D eigenvalue weighted by Crippen LogP contribution is -2.16. The maximum Gasteiger partial charge on any atom is 0.264 e. The van der Waals surface area contributed by atoms with Crippen molar-refractivity contribution in [3.63, 3.8) is 0 Å². The van der Waals surface area contributed by atoms with Crippen LogP contribution in [0, 0.1) is 13.8 Å². The maximum absolute atomic E-state index is 13.1. The highest BCUT2D eigenvalue weighted by Crippen LogP contribution is 2.27. The number of aromatic amines is 1. The minimum absolute atomic E-state index is 0.205. The van der Waals surface area contributed by atoms with Gasteiger partial charge in [0.05, 0.1) is 16.3 Å². The highest BCUT2D eigenvalue weighted by molar-refractivity contribution is 7.92. The van der Waals surface area contributed by atoms with Crippen molar-refractivity contribution in [2.24, 2.45) is 0 Å². The topological polar surface area (TPSA) is 91.9 Å². The first-order valence-corrected chi connectivity index (χ1v) is 10.1. The van der Waals surface area contributed by atoms with Gasteiger partial charge in [-0.3, -0.25) is 9.52 Å². The van der Waals surface area contributed by atoms with Crippen LogP contribution in [-0.4, -0.2) is 18.6 Å². The molecule has 0 atom stereocenters. The number of rotatable bonds is 5. The van der Waals surface area contributed by atoms with Crippen molar-refractivity contribution >= 4 is 15.7 Å². The molecule has 0 saturated heterocycles. The van der Waals surface area contributed by atoms with Crippen LogP contribution in [0.3, 0.4) is 0 Å². The van der Waals surface area contributed by atoms with Gasteiger partial charge in [-0.1, -0.05) is 31.2 Å². The lowest BCUT2D eigenvalue weighted by Gasteiger charge is -2.15. The van der Waals surface area contributed by atoms with Crippen molar-refractivity contribution in [2.45, 2.75) is 32.1 Å². The van der Waals surface area contributed by atoms with Gasteiger partial charge in [0.15, 0.2) is 0 Å². The van der Waals surface area contributed by atoms with Crippen LogP contribution in [0.1, 0.15) is 23.6 Å². The molecule has 1 heterocycles. The average Bonchev–Trinajstić information content (AvgIpc) is 2.64. The van der Waals surface area contributed by atoms with E-state index in [0.29, 0.717) is 28.9 Å². The first kappa shape index (κ1) is 18.8. The number of nitrogens with one attached hydrogen (secondary N) is 2. The smallest absolute Gasteiger partial charge is 0.264 e. The first-order valence-electron chi connectivity index (χ1n) is 8.59. The average molecular weight is 383 g/mol. The second-order valence-corrected chi connectivity index (χ2v) is 8.06. The molecule has 0 unspecified atom stereocenters.